The Morgan fingerprint density at radius 3 is 1.88 bits per heavy atom. The average Bonchev–Trinajstić information content (AvgIpc) is 2.84. The lowest BCUT2D eigenvalue weighted by atomic mass is 10.1. The van der Waals surface area contributed by atoms with E-state index in [9.17, 15) is 14.4 Å². The molecule has 1 aliphatic carbocycles. The number of fused-ring (bicyclic) bond motifs is 1. The van der Waals surface area contributed by atoms with Crippen molar-refractivity contribution in [2.75, 3.05) is 0 Å². The molecule has 4 heteroatoms. The predicted molar refractivity (Wildman–Crippen MR) is 63.9 cm³/mol. The van der Waals surface area contributed by atoms with Crippen LogP contribution < -0.4 is 0 Å². The summed E-state index contributed by atoms with van der Waals surface area (Å²) in [5.41, 5.74) is 0.972. The van der Waals surface area contributed by atoms with Crippen molar-refractivity contribution in [1.29, 1.82) is 0 Å². The number of benzene rings is 1. The smallest absolute Gasteiger partial charge is 0.216 e. The lowest BCUT2D eigenvalue weighted by Crippen LogP contribution is -2.02. The first-order chi connectivity index (χ1) is 8.18. The fourth-order valence-corrected chi connectivity index (χ4v) is 2.71. The summed E-state index contributed by atoms with van der Waals surface area (Å²) >= 11 is 0.929. The van der Waals surface area contributed by atoms with E-state index in [2.05, 4.69) is 0 Å². The van der Waals surface area contributed by atoms with Gasteiger partial charge in [-0.15, -0.1) is 0 Å². The number of Topliss-reactive ketones (excluding diaryl/α,β-unsaturated/α-hetero) is 2. The molecule has 3 rings (SSSR count). The maximum atomic E-state index is 12.1. The van der Waals surface area contributed by atoms with Crippen LogP contribution in [0.5, 0.6) is 0 Å². The second kappa shape index (κ2) is 3.53. The number of ketones is 2. The molecule has 0 atom stereocenters. The molecule has 0 amide bonds. The van der Waals surface area contributed by atoms with Gasteiger partial charge in [-0.3, -0.25) is 14.4 Å². The van der Waals surface area contributed by atoms with Crippen molar-refractivity contribution in [3.05, 3.63) is 58.0 Å². The number of thioether (sulfide) groups is 1. The summed E-state index contributed by atoms with van der Waals surface area (Å²) < 4.78 is 0. The minimum absolute atomic E-state index is 0.123. The van der Waals surface area contributed by atoms with E-state index in [4.69, 9.17) is 0 Å². The SMILES string of the molecule is O=C1C=CC(=C2C(=O)c3ccccc3C2=O)S1. The van der Waals surface area contributed by atoms with Crippen molar-refractivity contribution in [2.45, 2.75) is 0 Å². The maximum absolute atomic E-state index is 12.1. The van der Waals surface area contributed by atoms with Gasteiger partial charge in [0.05, 0.1) is 5.57 Å². The summed E-state index contributed by atoms with van der Waals surface area (Å²) in [6.45, 7) is 0. The molecule has 1 aliphatic heterocycles. The minimum Gasteiger partial charge on any atom is -0.288 e. The van der Waals surface area contributed by atoms with Gasteiger partial charge in [-0.25, -0.2) is 0 Å². The van der Waals surface area contributed by atoms with E-state index in [1.165, 1.54) is 12.2 Å². The van der Waals surface area contributed by atoms with Crippen molar-refractivity contribution in [3.63, 3.8) is 0 Å². The minimum atomic E-state index is -0.285. The molecular weight excluding hydrogens is 236 g/mol. The van der Waals surface area contributed by atoms with Crippen molar-refractivity contribution in [2.24, 2.45) is 0 Å². The fraction of sp³-hybridized carbons (Fsp3) is 0. The average molecular weight is 242 g/mol. The highest BCUT2D eigenvalue weighted by Crippen LogP contribution is 2.35. The molecule has 0 saturated heterocycles. The van der Waals surface area contributed by atoms with Crippen LogP contribution in [0.4, 0.5) is 0 Å². The Morgan fingerprint density at radius 2 is 1.41 bits per heavy atom. The van der Waals surface area contributed by atoms with Crippen LogP contribution in [0.1, 0.15) is 20.7 Å². The Bertz CT molecular complexity index is 601. The molecule has 82 valence electrons. The van der Waals surface area contributed by atoms with Gasteiger partial charge in [0, 0.05) is 16.0 Å². The summed E-state index contributed by atoms with van der Waals surface area (Å²) in [5.74, 6) is -0.570. The van der Waals surface area contributed by atoms with Crippen LogP contribution in [0, 0.1) is 0 Å². The number of allylic oxidation sites excluding steroid dienone is 2. The molecule has 3 nitrogen and oxygen atoms in total. The molecule has 0 N–H and O–H groups in total. The van der Waals surface area contributed by atoms with Crippen LogP contribution in [0.3, 0.4) is 0 Å². The second-order valence-electron chi connectivity index (χ2n) is 3.70. The summed E-state index contributed by atoms with van der Waals surface area (Å²) in [6, 6.07) is 6.71. The largest absolute Gasteiger partial charge is 0.288 e. The molecular formula is C13H6O3S. The third-order valence-corrected chi connectivity index (χ3v) is 3.60. The second-order valence-corrected chi connectivity index (χ2v) is 4.74. The first-order valence-corrected chi connectivity index (χ1v) is 5.83. The van der Waals surface area contributed by atoms with Gasteiger partial charge in [0.2, 0.25) is 5.12 Å². The predicted octanol–water partition coefficient (Wildman–Crippen LogP) is 2.15. The van der Waals surface area contributed by atoms with Crippen LogP contribution in [-0.2, 0) is 4.79 Å². The molecule has 0 fully saturated rings. The van der Waals surface area contributed by atoms with E-state index in [1.807, 2.05) is 0 Å². The van der Waals surface area contributed by atoms with Crippen LogP contribution in [0.25, 0.3) is 0 Å². The summed E-state index contributed by atoms with van der Waals surface area (Å²) in [5, 5.41) is -0.149. The van der Waals surface area contributed by atoms with Crippen LogP contribution >= 0.6 is 11.8 Å². The molecule has 0 saturated carbocycles. The molecule has 1 aromatic carbocycles. The van der Waals surface area contributed by atoms with Gasteiger partial charge in [-0.2, -0.15) is 0 Å². The van der Waals surface area contributed by atoms with Crippen molar-refractivity contribution in [3.8, 4) is 0 Å². The molecule has 1 aromatic rings. The quantitative estimate of drug-likeness (QED) is 0.516. The Kier molecular flexibility index (Phi) is 2.12. The van der Waals surface area contributed by atoms with E-state index in [1.54, 1.807) is 24.3 Å². The number of carbonyl (C=O) groups is 3. The van der Waals surface area contributed by atoms with Gasteiger partial charge < -0.3 is 0 Å². The molecule has 0 spiro atoms. The highest BCUT2D eigenvalue weighted by atomic mass is 32.2. The van der Waals surface area contributed by atoms with Crippen molar-refractivity contribution >= 4 is 28.4 Å². The Balaban J connectivity index is 2.20. The van der Waals surface area contributed by atoms with Crippen LogP contribution in [0.15, 0.2) is 46.9 Å². The van der Waals surface area contributed by atoms with Gasteiger partial charge in [0.15, 0.2) is 11.6 Å². The lowest BCUT2D eigenvalue weighted by molar-refractivity contribution is -0.106. The summed E-state index contributed by atoms with van der Waals surface area (Å²) in [6.07, 6.45) is 2.90. The molecule has 1 heterocycles. The Labute approximate surface area is 101 Å². The molecule has 2 aliphatic rings. The molecule has 17 heavy (non-hydrogen) atoms. The molecule has 0 radical (unpaired) electrons. The van der Waals surface area contributed by atoms with E-state index in [0.29, 0.717) is 16.0 Å². The Hall–Kier alpha value is -1.94. The zero-order chi connectivity index (χ0) is 12.0. The van der Waals surface area contributed by atoms with E-state index in [0.717, 1.165) is 11.8 Å². The molecule has 0 bridgehead atoms. The van der Waals surface area contributed by atoms with Gasteiger partial charge in [0.25, 0.3) is 0 Å². The fourth-order valence-electron chi connectivity index (χ4n) is 1.93. The van der Waals surface area contributed by atoms with E-state index >= 15 is 0 Å². The van der Waals surface area contributed by atoms with Crippen LogP contribution in [-0.4, -0.2) is 16.7 Å². The monoisotopic (exact) mass is 242 g/mol. The summed E-state index contributed by atoms with van der Waals surface area (Å²) in [7, 11) is 0. The van der Waals surface area contributed by atoms with Gasteiger partial charge in [0.1, 0.15) is 0 Å². The van der Waals surface area contributed by atoms with E-state index < -0.39 is 0 Å². The number of carbonyl (C=O) groups excluding carboxylic acids is 3. The van der Waals surface area contributed by atoms with E-state index in [-0.39, 0.29) is 22.3 Å². The maximum Gasteiger partial charge on any atom is 0.216 e. The van der Waals surface area contributed by atoms with Gasteiger partial charge >= 0.3 is 0 Å². The number of hydrogen-bond donors (Lipinski definition) is 0. The Morgan fingerprint density at radius 1 is 0.824 bits per heavy atom. The lowest BCUT2D eigenvalue weighted by Gasteiger charge is -1.96. The third-order valence-electron chi connectivity index (χ3n) is 2.70. The zero-order valence-electron chi connectivity index (χ0n) is 8.60. The number of rotatable bonds is 0. The zero-order valence-corrected chi connectivity index (χ0v) is 9.41. The molecule has 0 aromatic heterocycles. The molecule has 0 unspecified atom stereocenters. The van der Waals surface area contributed by atoms with Gasteiger partial charge in [-0.1, -0.05) is 24.3 Å². The highest BCUT2D eigenvalue weighted by Gasteiger charge is 2.36. The first kappa shape index (κ1) is 10.2. The van der Waals surface area contributed by atoms with Crippen molar-refractivity contribution < 1.29 is 14.4 Å². The normalized spacial score (nSPS) is 18.2. The third kappa shape index (κ3) is 1.41. The summed E-state index contributed by atoms with van der Waals surface area (Å²) in [4.78, 5) is 35.7. The highest BCUT2D eigenvalue weighted by molar-refractivity contribution is 8.18. The topological polar surface area (TPSA) is 51.2 Å². The standard InChI is InChI=1S/C13H6O3S/c14-10-6-5-9(17-10)11-12(15)7-3-1-2-4-8(7)13(11)16/h1-6H. The van der Waals surface area contributed by atoms with Gasteiger partial charge in [-0.05, 0) is 23.9 Å². The number of hydrogen-bond acceptors (Lipinski definition) is 4. The first-order valence-electron chi connectivity index (χ1n) is 5.01. The van der Waals surface area contributed by atoms with Crippen molar-refractivity contribution in [1.82, 2.24) is 0 Å². The van der Waals surface area contributed by atoms with Crippen LogP contribution in [0.2, 0.25) is 0 Å².